The number of fused-ring (bicyclic) bond motifs is 1. The highest BCUT2D eigenvalue weighted by Gasteiger charge is 2.37. The van der Waals surface area contributed by atoms with E-state index in [1.54, 1.807) is 50.6 Å². The molecule has 3 N–H and O–H groups in total. The predicted molar refractivity (Wildman–Crippen MR) is 136 cm³/mol. The van der Waals surface area contributed by atoms with Crippen molar-refractivity contribution in [2.24, 2.45) is 11.7 Å². The van der Waals surface area contributed by atoms with Gasteiger partial charge in [0.2, 0.25) is 0 Å². The number of carboxylic acid groups (broad SMARTS) is 1. The Balaban J connectivity index is 1.62. The molecule has 4 rings (SSSR count). The summed E-state index contributed by atoms with van der Waals surface area (Å²) in [5.74, 6) is 0.829. The van der Waals surface area contributed by atoms with Gasteiger partial charge in [-0.1, -0.05) is 20.8 Å². The number of benzene rings is 1. The van der Waals surface area contributed by atoms with Crippen LogP contribution in [0.3, 0.4) is 0 Å². The van der Waals surface area contributed by atoms with E-state index in [1.165, 1.54) is 0 Å². The van der Waals surface area contributed by atoms with Crippen molar-refractivity contribution < 1.29 is 19.4 Å². The molecule has 0 fully saturated rings. The lowest BCUT2D eigenvalue weighted by molar-refractivity contribution is -0.145. The lowest BCUT2D eigenvalue weighted by Gasteiger charge is -2.28. The van der Waals surface area contributed by atoms with Crippen LogP contribution in [0.25, 0.3) is 22.4 Å². The first-order valence-electron chi connectivity index (χ1n) is 11.8. The summed E-state index contributed by atoms with van der Waals surface area (Å²) in [6, 6.07) is 12.7. The van der Waals surface area contributed by atoms with E-state index in [1.807, 2.05) is 31.2 Å². The molecule has 0 bridgehead atoms. The van der Waals surface area contributed by atoms with Crippen molar-refractivity contribution in [3.63, 3.8) is 0 Å². The number of aliphatic carboxylic acids is 1. The van der Waals surface area contributed by atoms with E-state index in [4.69, 9.17) is 20.2 Å². The van der Waals surface area contributed by atoms with Gasteiger partial charge in [0.05, 0.1) is 12.1 Å². The summed E-state index contributed by atoms with van der Waals surface area (Å²) in [5, 5.41) is 10.3. The van der Waals surface area contributed by atoms with Crippen LogP contribution < -0.4 is 15.2 Å². The van der Waals surface area contributed by atoms with Crippen molar-refractivity contribution >= 4 is 16.9 Å². The Labute approximate surface area is 209 Å². The number of carbonyl (C=O) groups is 1. The highest BCUT2D eigenvalue weighted by molar-refractivity contribution is 5.86. The lowest BCUT2D eigenvalue weighted by atomic mass is 9.85. The van der Waals surface area contributed by atoms with Crippen LogP contribution in [0.15, 0.2) is 61.1 Å². The number of aromatic nitrogens is 4. The molecule has 1 aromatic carbocycles. The van der Waals surface area contributed by atoms with Crippen molar-refractivity contribution in [2.75, 3.05) is 6.61 Å². The van der Waals surface area contributed by atoms with Gasteiger partial charge in [-0.2, -0.15) is 0 Å². The Morgan fingerprint density at radius 3 is 2.53 bits per heavy atom. The quantitative estimate of drug-likeness (QED) is 0.328. The maximum Gasteiger partial charge on any atom is 0.324 e. The fraction of sp³-hybridized carbons (Fsp3) is 0.296. The third-order valence-corrected chi connectivity index (χ3v) is 6.16. The molecular weight excluding hydrogens is 458 g/mol. The first kappa shape index (κ1) is 25.0. The van der Waals surface area contributed by atoms with Crippen LogP contribution in [0.5, 0.6) is 17.2 Å². The van der Waals surface area contributed by atoms with Crippen LogP contribution in [0.1, 0.15) is 32.9 Å². The van der Waals surface area contributed by atoms with Crippen molar-refractivity contribution in [2.45, 2.75) is 39.2 Å². The molecular formula is C27H29N5O4. The Hall–Kier alpha value is -4.11. The van der Waals surface area contributed by atoms with Crippen LogP contribution in [-0.4, -0.2) is 43.2 Å². The largest absolute Gasteiger partial charge is 0.493 e. The van der Waals surface area contributed by atoms with Gasteiger partial charge in [0, 0.05) is 36.1 Å². The van der Waals surface area contributed by atoms with Gasteiger partial charge in [-0.25, -0.2) is 15.0 Å². The first-order chi connectivity index (χ1) is 17.3. The van der Waals surface area contributed by atoms with E-state index in [2.05, 4.69) is 15.0 Å². The van der Waals surface area contributed by atoms with Crippen molar-refractivity contribution in [1.29, 1.82) is 0 Å². The molecule has 0 unspecified atom stereocenters. The standard InChI is InChI=1S/C27H29N5O4/c1-4-18-6-9-23(24(32-18)25-30-12-5-13-31-25)36-22-10-14-29-21-8-7-19(16-20(21)22)35-15-11-27(28,17(2)3)26(33)34/h5-10,12-14,16-17H,4,11,15,28H2,1-3H3,(H,33,34)/t27-/m0/s1. The normalized spacial score (nSPS) is 12.9. The molecule has 0 aliphatic rings. The topological polar surface area (TPSA) is 133 Å². The molecule has 4 aromatic rings. The first-order valence-corrected chi connectivity index (χ1v) is 11.8. The predicted octanol–water partition coefficient (Wildman–Crippen LogP) is 4.65. The fourth-order valence-corrected chi connectivity index (χ4v) is 3.73. The molecule has 9 heteroatoms. The van der Waals surface area contributed by atoms with Gasteiger partial charge in [-0.15, -0.1) is 0 Å². The average Bonchev–Trinajstić information content (AvgIpc) is 2.89. The molecule has 3 aromatic heterocycles. The van der Waals surface area contributed by atoms with E-state index in [9.17, 15) is 9.90 Å². The molecule has 9 nitrogen and oxygen atoms in total. The zero-order valence-electron chi connectivity index (χ0n) is 20.5. The maximum absolute atomic E-state index is 11.6. The lowest BCUT2D eigenvalue weighted by Crippen LogP contribution is -2.53. The summed E-state index contributed by atoms with van der Waals surface area (Å²) in [5.41, 5.74) is 6.92. The zero-order valence-corrected chi connectivity index (χ0v) is 20.5. The highest BCUT2D eigenvalue weighted by Crippen LogP contribution is 2.35. The summed E-state index contributed by atoms with van der Waals surface area (Å²) < 4.78 is 12.2. The fourth-order valence-electron chi connectivity index (χ4n) is 3.73. The number of carboxylic acids is 1. The third-order valence-electron chi connectivity index (χ3n) is 6.16. The second-order valence-electron chi connectivity index (χ2n) is 8.76. The van der Waals surface area contributed by atoms with Crippen molar-refractivity contribution in [3.05, 3.63) is 66.7 Å². The Morgan fingerprint density at radius 1 is 1.06 bits per heavy atom. The zero-order chi connectivity index (χ0) is 25.7. The van der Waals surface area contributed by atoms with Gasteiger partial charge in [-0.3, -0.25) is 9.78 Å². The second-order valence-corrected chi connectivity index (χ2v) is 8.76. The summed E-state index contributed by atoms with van der Waals surface area (Å²) >= 11 is 0. The number of pyridine rings is 2. The molecule has 36 heavy (non-hydrogen) atoms. The monoisotopic (exact) mass is 487 g/mol. The molecule has 0 aliphatic carbocycles. The van der Waals surface area contributed by atoms with Gasteiger partial charge in [0.25, 0.3) is 0 Å². The van der Waals surface area contributed by atoms with Crippen LogP contribution in [0.2, 0.25) is 0 Å². The SMILES string of the molecule is CCc1ccc(Oc2ccnc3ccc(OCC[C@@](N)(C(=O)O)C(C)C)cc23)c(-c2ncccn2)n1. The van der Waals surface area contributed by atoms with E-state index in [-0.39, 0.29) is 18.9 Å². The number of nitrogens with zero attached hydrogens (tertiary/aromatic N) is 4. The Kier molecular flexibility index (Phi) is 7.40. The van der Waals surface area contributed by atoms with Gasteiger partial charge >= 0.3 is 5.97 Å². The molecule has 0 radical (unpaired) electrons. The van der Waals surface area contributed by atoms with E-state index in [0.29, 0.717) is 28.8 Å². The minimum Gasteiger partial charge on any atom is -0.493 e. The second kappa shape index (κ2) is 10.7. The Morgan fingerprint density at radius 2 is 1.83 bits per heavy atom. The molecule has 0 saturated heterocycles. The van der Waals surface area contributed by atoms with Crippen LogP contribution in [-0.2, 0) is 11.2 Å². The number of rotatable bonds is 10. The van der Waals surface area contributed by atoms with Crippen LogP contribution >= 0.6 is 0 Å². The molecule has 0 saturated carbocycles. The third kappa shape index (κ3) is 5.26. The van der Waals surface area contributed by atoms with Gasteiger partial charge < -0.3 is 20.3 Å². The minimum absolute atomic E-state index is 0.154. The summed E-state index contributed by atoms with van der Waals surface area (Å²) in [6.45, 7) is 5.76. The summed E-state index contributed by atoms with van der Waals surface area (Å²) in [7, 11) is 0. The van der Waals surface area contributed by atoms with Crippen LogP contribution in [0.4, 0.5) is 0 Å². The summed E-state index contributed by atoms with van der Waals surface area (Å²) in [6.07, 6.45) is 5.93. The van der Waals surface area contributed by atoms with Gasteiger partial charge in [0.1, 0.15) is 17.0 Å². The average molecular weight is 488 g/mol. The number of hydrogen-bond acceptors (Lipinski definition) is 8. The summed E-state index contributed by atoms with van der Waals surface area (Å²) in [4.78, 5) is 29.5. The minimum atomic E-state index is -1.36. The maximum atomic E-state index is 11.6. The van der Waals surface area contributed by atoms with E-state index >= 15 is 0 Å². The highest BCUT2D eigenvalue weighted by atomic mass is 16.5. The number of aryl methyl sites for hydroxylation is 1. The van der Waals surface area contributed by atoms with Crippen molar-refractivity contribution in [1.82, 2.24) is 19.9 Å². The van der Waals surface area contributed by atoms with Gasteiger partial charge in [-0.05, 0) is 54.8 Å². The molecule has 3 heterocycles. The van der Waals surface area contributed by atoms with Crippen LogP contribution in [0, 0.1) is 5.92 Å². The van der Waals surface area contributed by atoms with E-state index < -0.39 is 11.5 Å². The number of ether oxygens (including phenoxy) is 2. The molecule has 1 atom stereocenters. The molecule has 186 valence electrons. The van der Waals surface area contributed by atoms with E-state index in [0.717, 1.165) is 23.0 Å². The number of nitrogens with two attached hydrogens (primary N) is 1. The smallest absolute Gasteiger partial charge is 0.324 e. The number of hydrogen-bond donors (Lipinski definition) is 2. The van der Waals surface area contributed by atoms with Crippen molar-refractivity contribution in [3.8, 4) is 28.8 Å². The molecule has 0 aliphatic heterocycles. The molecule has 0 spiro atoms. The molecule has 0 amide bonds. The van der Waals surface area contributed by atoms with Gasteiger partial charge in [0.15, 0.2) is 17.3 Å². The Bertz CT molecular complexity index is 1360.